The topological polar surface area (TPSA) is 83.4 Å². The van der Waals surface area contributed by atoms with Crippen LogP contribution in [-0.2, 0) is 11.3 Å². The number of pyridine rings is 1. The van der Waals surface area contributed by atoms with E-state index in [4.69, 9.17) is 14.8 Å². The molecule has 28 heavy (non-hydrogen) atoms. The second-order valence-corrected chi connectivity index (χ2v) is 7.04. The zero-order valence-electron chi connectivity index (χ0n) is 16.0. The van der Waals surface area contributed by atoms with Gasteiger partial charge in [-0.2, -0.15) is 4.98 Å². The molecule has 0 aliphatic carbocycles. The van der Waals surface area contributed by atoms with Crippen LogP contribution in [0, 0.1) is 0 Å². The molecule has 3 heterocycles. The third-order valence-electron chi connectivity index (χ3n) is 4.92. The molecule has 1 unspecified atom stereocenters. The molecule has 2 N–H and O–H groups in total. The van der Waals surface area contributed by atoms with E-state index >= 15 is 0 Å². The lowest BCUT2D eigenvalue weighted by molar-refractivity contribution is 0.193. The van der Waals surface area contributed by atoms with Gasteiger partial charge in [0, 0.05) is 37.6 Å². The SMILES string of the molecule is CN(Cc1ccc2ccccc2n1)c1cc(C2CCOC2)nc(NCCO)n1. The average molecular weight is 379 g/mol. The van der Waals surface area contributed by atoms with Crippen LogP contribution in [0.15, 0.2) is 42.5 Å². The summed E-state index contributed by atoms with van der Waals surface area (Å²) in [5.41, 5.74) is 2.95. The number of anilines is 2. The second-order valence-electron chi connectivity index (χ2n) is 7.04. The Labute approximate surface area is 164 Å². The predicted octanol–water partition coefficient (Wildman–Crippen LogP) is 2.57. The lowest BCUT2D eigenvalue weighted by atomic mass is 10.0. The molecule has 3 aromatic rings. The molecule has 0 saturated carbocycles. The molecular formula is C21H25N5O2. The highest BCUT2D eigenvalue weighted by atomic mass is 16.5. The van der Waals surface area contributed by atoms with E-state index in [1.807, 2.05) is 31.3 Å². The summed E-state index contributed by atoms with van der Waals surface area (Å²) < 4.78 is 5.52. The Balaban J connectivity index is 1.58. The number of aliphatic hydroxyl groups is 1. The number of ether oxygens (including phenoxy) is 1. The number of hydrogen-bond acceptors (Lipinski definition) is 7. The number of nitrogens with one attached hydrogen (secondary N) is 1. The molecule has 1 aliphatic heterocycles. The zero-order chi connectivity index (χ0) is 19.3. The maximum Gasteiger partial charge on any atom is 0.224 e. The summed E-state index contributed by atoms with van der Waals surface area (Å²) in [6.07, 6.45) is 0.964. The van der Waals surface area contributed by atoms with Gasteiger partial charge in [-0.15, -0.1) is 0 Å². The fourth-order valence-corrected chi connectivity index (χ4v) is 3.39. The van der Waals surface area contributed by atoms with E-state index in [1.54, 1.807) is 0 Å². The van der Waals surface area contributed by atoms with Crippen LogP contribution in [0.1, 0.15) is 23.7 Å². The Morgan fingerprint density at radius 1 is 1.18 bits per heavy atom. The number of aliphatic hydroxyl groups excluding tert-OH is 1. The van der Waals surface area contributed by atoms with Crippen LogP contribution >= 0.6 is 0 Å². The largest absolute Gasteiger partial charge is 0.395 e. The van der Waals surface area contributed by atoms with Crippen molar-refractivity contribution in [2.75, 3.05) is 43.6 Å². The normalized spacial score (nSPS) is 16.4. The fourth-order valence-electron chi connectivity index (χ4n) is 3.39. The van der Waals surface area contributed by atoms with Crippen molar-refractivity contribution in [1.82, 2.24) is 15.0 Å². The van der Waals surface area contributed by atoms with Gasteiger partial charge in [0.25, 0.3) is 0 Å². The van der Waals surface area contributed by atoms with Crippen LogP contribution in [-0.4, -0.2) is 53.5 Å². The summed E-state index contributed by atoms with van der Waals surface area (Å²) in [6.45, 7) is 2.54. The first-order valence-corrected chi connectivity index (χ1v) is 9.60. The van der Waals surface area contributed by atoms with E-state index in [9.17, 15) is 0 Å². The molecule has 7 nitrogen and oxygen atoms in total. The van der Waals surface area contributed by atoms with Crippen molar-refractivity contribution in [2.45, 2.75) is 18.9 Å². The van der Waals surface area contributed by atoms with Crippen LogP contribution in [0.4, 0.5) is 11.8 Å². The van der Waals surface area contributed by atoms with Crippen LogP contribution in [0.5, 0.6) is 0 Å². The molecule has 7 heteroatoms. The molecule has 1 atom stereocenters. The maximum atomic E-state index is 9.11. The van der Waals surface area contributed by atoms with Crippen molar-refractivity contribution in [1.29, 1.82) is 0 Å². The first-order chi connectivity index (χ1) is 13.7. The van der Waals surface area contributed by atoms with E-state index < -0.39 is 0 Å². The number of hydrogen-bond donors (Lipinski definition) is 2. The van der Waals surface area contributed by atoms with E-state index in [0.717, 1.165) is 41.1 Å². The van der Waals surface area contributed by atoms with Gasteiger partial charge >= 0.3 is 0 Å². The number of nitrogens with zero attached hydrogens (tertiary/aromatic N) is 4. The highest BCUT2D eigenvalue weighted by molar-refractivity contribution is 5.78. The standard InChI is InChI=1S/C21H25N5O2/c1-26(13-17-7-6-15-4-2-3-5-18(15)23-17)20-12-19(16-8-11-28-14-16)24-21(25-20)22-9-10-27/h2-7,12,16,27H,8-11,13-14H2,1H3,(H,22,24,25). The van der Waals surface area contributed by atoms with Gasteiger partial charge in [0.1, 0.15) is 5.82 Å². The lowest BCUT2D eigenvalue weighted by Crippen LogP contribution is -2.21. The summed E-state index contributed by atoms with van der Waals surface area (Å²) in [5.74, 6) is 1.64. The molecule has 0 bridgehead atoms. The number of para-hydroxylation sites is 1. The maximum absolute atomic E-state index is 9.11. The number of benzene rings is 1. The van der Waals surface area contributed by atoms with Crippen LogP contribution in [0.3, 0.4) is 0 Å². The van der Waals surface area contributed by atoms with E-state index in [2.05, 4.69) is 38.4 Å². The van der Waals surface area contributed by atoms with Crippen molar-refractivity contribution in [2.24, 2.45) is 0 Å². The van der Waals surface area contributed by atoms with Crippen LogP contribution in [0.2, 0.25) is 0 Å². The molecule has 0 radical (unpaired) electrons. The summed E-state index contributed by atoms with van der Waals surface area (Å²) in [5, 5.41) is 13.3. The Kier molecular flexibility index (Phi) is 5.64. The monoisotopic (exact) mass is 379 g/mol. The second kappa shape index (κ2) is 8.50. The lowest BCUT2D eigenvalue weighted by Gasteiger charge is -2.20. The Morgan fingerprint density at radius 3 is 2.89 bits per heavy atom. The van der Waals surface area contributed by atoms with Crippen molar-refractivity contribution in [3.05, 3.63) is 53.9 Å². The highest BCUT2D eigenvalue weighted by Crippen LogP contribution is 2.27. The van der Waals surface area contributed by atoms with Gasteiger partial charge in [-0.05, 0) is 18.6 Å². The summed E-state index contributed by atoms with van der Waals surface area (Å²) in [7, 11) is 2.00. The smallest absolute Gasteiger partial charge is 0.224 e. The van der Waals surface area contributed by atoms with Gasteiger partial charge in [0.05, 0.1) is 36.7 Å². The predicted molar refractivity (Wildman–Crippen MR) is 110 cm³/mol. The fraction of sp³-hybridized carbons (Fsp3) is 0.381. The summed E-state index contributed by atoms with van der Waals surface area (Å²) in [4.78, 5) is 16.1. The summed E-state index contributed by atoms with van der Waals surface area (Å²) in [6, 6.07) is 14.3. The van der Waals surface area contributed by atoms with Gasteiger partial charge in [0.15, 0.2) is 0 Å². The van der Waals surface area contributed by atoms with Crippen molar-refractivity contribution in [3.63, 3.8) is 0 Å². The molecule has 1 aliphatic rings. The van der Waals surface area contributed by atoms with E-state index in [-0.39, 0.29) is 12.5 Å². The zero-order valence-corrected chi connectivity index (χ0v) is 16.0. The Morgan fingerprint density at radius 2 is 2.07 bits per heavy atom. The Bertz CT molecular complexity index is 943. The minimum absolute atomic E-state index is 0.0340. The van der Waals surface area contributed by atoms with E-state index in [1.165, 1.54) is 0 Å². The van der Waals surface area contributed by atoms with Crippen LogP contribution in [0.25, 0.3) is 10.9 Å². The molecule has 146 valence electrons. The van der Waals surface area contributed by atoms with Crippen molar-refractivity contribution in [3.8, 4) is 0 Å². The summed E-state index contributed by atoms with van der Waals surface area (Å²) >= 11 is 0. The molecule has 0 spiro atoms. The first-order valence-electron chi connectivity index (χ1n) is 9.60. The molecule has 1 fully saturated rings. The highest BCUT2D eigenvalue weighted by Gasteiger charge is 2.21. The van der Waals surface area contributed by atoms with Crippen molar-refractivity contribution >= 4 is 22.7 Å². The molecule has 4 rings (SSSR count). The average Bonchev–Trinajstić information content (AvgIpc) is 3.27. The van der Waals surface area contributed by atoms with Gasteiger partial charge in [-0.3, -0.25) is 4.98 Å². The first kappa shape index (κ1) is 18.6. The quantitative estimate of drug-likeness (QED) is 0.653. The molecule has 1 saturated heterocycles. The molecular weight excluding hydrogens is 354 g/mol. The molecule has 1 aromatic carbocycles. The molecule has 0 amide bonds. The van der Waals surface area contributed by atoms with Crippen LogP contribution < -0.4 is 10.2 Å². The van der Waals surface area contributed by atoms with Gasteiger partial charge < -0.3 is 20.1 Å². The van der Waals surface area contributed by atoms with Crippen molar-refractivity contribution < 1.29 is 9.84 Å². The minimum atomic E-state index is 0.0340. The van der Waals surface area contributed by atoms with E-state index in [0.29, 0.717) is 25.6 Å². The van der Waals surface area contributed by atoms with Gasteiger partial charge in [0.2, 0.25) is 5.95 Å². The third-order valence-corrected chi connectivity index (χ3v) is 4.92. The third kappa shape index (κ3) is 4.21. The Hall–Kier alpha value is -2.77. The van der Waals surface area contributed by atoms with Gasteiger partial charge in [-0.25, -0.2) is 4.98 Å². The number of aromatic nitrogens is 3. The minimum Gasteiger partial charge on any atom is -0.395 e. The van der Waals surface area contributed by atoms with Gasteiger partial charge in [-0.1, -0.05) is 24.3 Å². The molecule has 2 aromatic heterocycles. The number of fused-ring (bicyclic) bond motifs is 1. The number of rotatable bonds is 7.